The second kappa shape index (κ2) is 7.70. The van der Waals surface area contributed by atoms with E-state index >= 15 is 0 Å². The molecule has 0 aliphatic heterocycles. The first kappa shape index (κ1) is 26.0. The highest BCUT2D eigenvalue weighted by Crippen LogP contribution is 2.76. The zero-order chi connectivity index (χ0) is 25.8. The van der Waals surface area contributed by atoms with Crippen LogP contribution in [0.3, 0.4) is 0 Å². The molecule has 4 saturated carbocycles. The van der Waals surface area contributed by atoms with Crippen LogP contribution < -0.4 is 0 Å². The molecule has 0 saturated heterocycles. The van der Waals surface area contributed by atoms with Crippen LogP contribution in [0.4, 0.5) is 0 Å². The van der Waals surface area contributed by atoms with Gasteiger partial charge in [-0.2, -0.15) is 0 Å². The van der Waals surface area contributed by atoms with Crippen LogP contribution in [0.25, 0.3) is 0 Å². The van der Waals surface area contributed by atoms with Crippen molar-refractivity contribution in [2.24, 2.45) is 50.2 Å². The SMILES string of the molecule is COC(=O)[C@]12CCC(C)(C)C[C@H]1C1=C(Br)CC3[C@@]4(C)CCC(=O)C(C)(C)[C@@H]4CC[C@@]3(C)[C@]1(C)CC2. The summed E-state index contributed by atoms with van der Waals surface area (Å²) in [6.07, 6.45) is 10.2. The van der Waals surface area contributed by atoms with Gasteiger partial charge in [0.1, 0.15) is 5.78 Å². The normalized spacial score (nSPS) is 48.3. The standard InChI is InChI=1S/C31H47BrO3/c1-26(2)13-15-31(25(34)35-8)16-14-30(7)24(19(31)18-26)20(32)17-22-28(5)11-10-23(33)27(3,4)21(28)9-12-29(22,30)6/h19,21-22H,9-18H2,1-8H3/t19-,21-,22?,28-,29+,30+,31-/m0/s1. The molecule has 4 fully saturated rings. The topological polar surface area (TPSA) is 43.4 Å². The van der Waals surface area contributed by atoms with Crippen molar-refractivity contribution >= 4 is 27.7 Å². The molecule has 35 heavy (non-hydrogen) atoms. The number of Topliss-reactive ketones (excluding diaryl/α,β-unsaturated/α-hetero) is 1. The van der Waals surface area contributed by atoms with E-state index < -0.39 is 0 Å². The monoisotopic (exact) mass is 546 g/mol. The van der Waals surface area contributed by atoms with Gasteiger partial charge in [0.15, 0.2) is 0 Å². The minimum absolute atomic E-state index is 0.0170. The molecule has 5 aliphatic rings. The molecule has 0 aromatic heterocycles. The molecule has 0 bridgehead atoms. The lowest BCUT2D eigenvalue weighted by molar-refractivity contribution is -0.190. The Morgan fingerprint density at radius 2 is 1.57 bits per heavy atom. The quantitative estimate of drug-likeness (QED) is 0.311. The summed E-state index contributed by atoms with van der Waals surface area (Å²) < 4.78 is 6.88. The van der Waals surface area contributed by atoms with Crippen LogP contribution in [0.1, 0.15) is 113 Å². The van der Waals surface area contributed by atoms with Crippen molar-refractivity contribution in [3.05, 3.63) is 10.1 Å². The summed E-state index contributed by atoms with van der Waals surface area (Å²) in [6.45, 7) is 16.9. The minimum atomic E-state index is -0.373. The molecule has 7 atom stereocenters. The third kappa shape index (κ3) is 3.19. The van der Waals surface area contributed by atoms with Crippen molar-refractivity contribution in [1.29, 1.82) is 0 Å². The first-order valence-corrected chi connectivity index (χ1v) is 14.9. The molecule has 0 amide bonds. The molecule has 0 N–H and O–H groups in total. The molecule has 5 rings (SSSR count). The highest BCUT2D eigenvalue weighted by molar-refractivity contribution is 9.11. The van der Waals surface area contributed by atoms with Gasteiger partial charge in [0, 0.05) is 11.8 Å². The van der Waals surface area contributed by atoms with Crippen LogP contribution in [-0.2, 0) is 14.3 Å². The molecule has 0 aromatic carbocycles. The van der Waals surface area contributed by atoms with Crippen molar-refractivity contribution < 1.29 is 14.3 Å². The lowest BCUT2D eigenvalue weighted by atomic mass is 9.33. The van der Waals surface area contributed by atoms with Crippen molar-refractivity contribution in [3.8, 4) is 0 Å². The molecule has 3 nitrogen and oxygen atoms in total. The lowest BCUT2D eigenvalue weighted by Gasteiger charge is -2.71. The Morgan fingerprint density at radius 3 is 2.23 bits per heavy atom. The number of ether oxygens (including phenoxy) is 1. The van der Waals surface area contributed by atoms with Crippen LogP contribution >= 0.6 is 15.9 Å². The Labute approximate surface area is 221 Å². The Hall–Kier alpha value is -0.640. The Morgan fingerprint density at radius 1 is 0.914 bits per heavy atom. The fraction of sp³-hybridized carbons (Fsp3) is 0.871. The number of methoxy groups -OCH3 is 1. The largest absolute Gasteiger partial charge is 0.469 e. The predicted octanol–water partition coefficient (Wildman–Crippen LogP) is 8.25. The summed E-state index contributed by atoms with van der Waals surface area (Å²) in [7, 11) is 1.58. The van der Waals surface area contributed by atoms with E-state index in [0.717, 1.165) is 57.8 Å². The summed E-state index contributed by atoms with van der Waals surface area (Å²) >= 11 is 4.19. The van der Waals surface area contributed by atoms with Gasteiger partial charge in [0.2, 0.25) is 0 Å². The molecule has 4 heteroatoms. The number of hydrogen-bond donors (Lipinski definition) is 0. The van der Waals surface area contributed by atoms with Gasteiger partial charge in [0.25, 0.3) is 0 Å². The van der Waals surface area contributed by atoms with Crippen molar-refractivity contribution in [2.45, 2.75) is 113 Å². The van der Waals surface area contributed by atoms with Gasteiger partial charge in [-0.1, -0.05) is 64.4 Å². The maximum Gasteiger partial charge on any atom is 0.312 e. The van der Waals surface area contributed by atoms with Crippen LogP contribution in [0, 0.1) is 50.2 Å². The number of allylic oxidation sites excluding steroid dienone is 2. The van der Waals surface area contributed by atoms with Gasteiger partial charge in [-0.05, 0) is 107 Å². The number of carbonyl (C=O) groups excluding carboxylic acids is 2. The van der Waals surface area contributed by atoms with Crippen molar-refractivity contribution in [3.63, 3.8) is 0 Å². The van der Waals surface area contributed by atoms with Gasteiger partial charge in [-0.15, -0.1) is 0 Å². The maximum absolute atomic E-state index is 13.4. The second-order valence-corrected chi connectivity index (χ2v) is 16.1. The number of hydrogen-bond acceptors (Lipinski definition) is 3. The molecular weight excluding hydrogens is 500 g/mol. The molecule has 0 heterocycles. The smallest absolute Gasteiger partial charge is 0.312 e. The summed E-state index contributed by atoms with van der Waals surface area (Å²) in [6, 6.07) is 0. The van der Waals surface area contributed by atoms with Crippen LogP contribution in [0.15, 0.2) is 10.1 Å². The van der Waals surface area contributed by atoms with E-state index in [9.17, 15) is 9.59 Å². The zero-order valence-electron chi connectivity index (χ0n) is 23.4. The average molecular weight is 548 g/mol. The Kier molecular flexibility index (Phi) is 5.72. The van der Waals surface area contributed by atoms with E-state index in [4.69, 9.17) is 4.74 Å². The van der Waals surface area contributed by atoms with Crippen LogP contribution in [0.2, 0.25) is 0 Å². The summed E-state index contributed by atoms with van der Waals surface area (Å²) in [4.78, 5) is 26.4. The second-order valence-electron chi connectivity index (χ2n) is 15.1. The van der Waals surface area contributed by atoms with Gasteiger partial charge in [-0.25, -0.2) is 0 Å². The minimum Gasteiger partial charge on any atom is -0.469 e. The Bertz CT molecular complexity index is 993. The van der Waals surface area contributed by atoms with E-state index in [1.54, 1.807) is 12.7 Å². The number of ketones is 1. The lowest BCUT2D eigenvalue weighted by Crippen LogP contribution is -2.65. The molecule has 1 unspecified atom stereocenters. The van der Waals surface area contributed by atoms with Gasteiger partial charge in [-0.3, -0.25) is 9.59 Å². The molecular formula is C31H47BrO3. The number of rotatable bonds is 1. The molecule has 5 aliphatic carbocycles. The highest BCUT2D eigenvalue weighted by atomic mass is 79.9. The zero-order valence-corrected chi connectivity index (χ0v) is 25.0. The molecule has 0 aromatic rings. The third-order valence-electron chi connectivity index (χ3n) is 13.0. The predicted molar refractivity (Wildman–Crippen MR) is 144 cm³/mol. The van der Waals surface area contributed by atoms with Gasteiger partial charge < -0.3 is 4.74 Å². The van der Waals surface area contributed by atoms with Crippen molar-refractivity contribution in [1.82, 2.24) is 0 Å². The van der Waals surface area contributed by atoms with E-state index in [1.807, 2.05) is 0 Å². The number of halogens is 1. The van der Waals surface area contributed by atoms with Gasteiger partial charge >= 0.3 is 5.97 Å². The summed E-state index contributed by atoms with van der Waals surface area (Å²) in [5.41, 5.74) is 1.58. The molecule has 0 radical (unpaired) electrons. The van der Waals surface area contributed by atoms with Gasteiger partial charge in [0.05, 0.1) is 12.5 Å². The average Bonchev–Trinajstić information content (AvgIpc) is 2.77. The first-order valence-electron chi connectivity index (χ1n) is 14.1. The molecule has 0 spiro atoms. The number of carbonyl (C=O) groups is 2. The fourth-order valence-corrected chi connectivity index (χ4v) is 11.7. The summed E-state index contributed by atoms with van der Waals surface area (Å²) in [5, 5.41) is 0. The number of fused-ring (bicyclic) bond motifs is 7. The van der Waals surface area contributed by atoms with Crippen molar-refractivity contribution in [2.75, 3.05) is 7.11 Å². The number of esters is 1. The maximum atomic E-state index is 13.4. The third-order valence-corrected chi connectivity index (χ3v) is 13.8. The van der Waals surface area contributed by atoms with E-state index in [0.29, 0.717) is 17.6 Å². The van der Waals surface area contributed by atoms with E-state index in [-0.39, 0.29) is 44.4 Å². The fourth-order valence-electron chi connectivity index (χ4n) is 10.6. The Balaban J connectivity index is 1.65. The van der Waals surface area contributed by atoms with E-state index in [1.165, 1.54) is 10.9 Å². The van der Waals surface area contributed by atoms with Crippen LogP contribution in [0.5, 0.6) is 0 Å². The van der Waals surface area contributed by atoms with Crippen LogP contribution in [-0.4, -0.2) is 18.9 Å². The first-order chi connectivity index (χ1) is 16.1. The van der Waals surface area contributed by atoms with E-state index in [2.05, 4.69) is 64.4 Å². The molecule has 196 valence electrons. The highest BCUT2D eigenvalue weighted by Gasteiger charge is 2.70. The summed E-state index contributed by atoms with van der Waals surface area (Å²) in [5.74, 6) is 1.73.